The van der Waals surface area contributed by atoms with Crippen LogP contribution in [0.3, 0.4) is 0 Å². The van der Waals surface area contributed by atoms with Gasteiger partial charge in [0.1, 0.15) is 5.75 Å². The lowest BCUT2D eigenvalue weighted by molar-refractivity contribution is -0.127. The van der Waals surface area contributed by atoms with E-state index in [-0.39, 0.29) is 0 Å². The lowest BCUT2D eigenvalue weighted by atomic mass is 10.1. The van der Waals surface area contributed by atoms with Crippen molar-refractivity contribution in [2.75, 3.05) is 6.61 Å². The van der Waals surface area contributed by atoms with Gasteiger partial charge < -0.3 is 14.2 Å². The molecule has 4 aromatic rings. The Morgan fingerprint density at radius 2 is 1.64 bits per heavy atom. The van der Waals surface area contributed by atoms with E-state index in [0.29, 0.717) is 35.0 Å². The first-order valence-corrected chi connectivity index (χ1v) is 11.6. The molecule has 36 heavy (non-hydrogen) atoms. The number of rotatable bonds is 9. The number of fused-ring (bicyclic) bond motifs is 1. The number of nitrogens with one attached hydrogen (secondary N) is 1. The van der Waals surface area contributed by atoms with Crippen LogP contribution in [0.1, 0.15) is 29.8 Å². The molecule has 0 saturated heterocycles. The molecule has 182 valence electrons. The van der Waals surface area contributed by atoms with Gasteiger partial charge in [-0.3, -0.25) is 4.79 Å². The lowest BCUT2D eigenvalue weighted by Crippen LogP contribution is -2.33. The van der Waals surface area contributed by atoms with E-state index in [1.54, 1.807) is 49.4 Å². The summed E-state index contributed by atoms with van der Waals surface area (Å²) >= 11 is 0. The monoisotopic (exact) mass is 482 g/mol. The number of carbonyl (C=O) groups is 2. The first-order chi connectivity index (χ1) is 17.5. The second-order valence-corrected chi connectivity index (χ2v) is 7.87. The first kappa shape index (κ1) is 24.5. The van der Waals surface area contributed by atoms with Crippen molar-refractivity contribution in [1.82, 2.24) is 5.43 Å². The SMILES string of the molecule is CCOc1cc(/C=N\NC(=O)[C@@H](C)Oc2cccc3ccccc23)ccc1OC(=O)c1ccccc1. The predicted octanol–water partition coefficient (Wildman–Crippen LogP) is 5.38. The van der Waals surface area contributed by atoms with Gasteiger partial charge in [-0.15, -0.1) is 0 Å². The molecule has 0 fully saturated rings. The van der Waals surface area contributed by atoms with Crippen molar-refractivity contribution < 1.29 is 23.8 Å². The zero-order chi connectivity index (χ0) is 25.3. The third kappa shape index (κ3) is 6.07. The van der Waals surface area contributed by atoms with Gasteiger partial charge in [-0.2, -0.15) is 5.10 Å². The van der Waals surface area contributed by atoms with Crippen LogP contribution in [0.2, 0.25) is 0 Å². The van der Waals surface area contributed by atoms with Gasteiger partial charge in [-0.25, -0.2) is 10.2 Å². The van der Waals surface area contributed by atoms with Gasteiger partial charge in [0.05, 0.1) is 18.4 Å². The molecule has 0 unspecified atom stereocenters. The van der Waals surface area contributed by atoms with Crippen LogP contribution >= 0.6 is 0 Å². The molecule has 0 radical (unpaired) electrons. The van der Waals surface area contributed by atoms with Crippen LogP contribution in [-0.4, -0.2) is 30.8 Å². The highest BCUT2D eigenvalue weighted by Crippen LogP contribution is 2.29. The van der Waals surface area contributed by atoms with Gasteiger partial charge in [0.15, 0.2) is 17.6 Å². The van der Waals surface area contributed by atoms with Crippen molar-refractivity contribution >= 4 is 28.9 Å². The zero-order valence-electron chi connectivity index (χ0n) is 20.0. The van der Waals surface area contributed by atoms with E-state index in [1.807, 2.05) is 55.5 Å². The van der Waals surface area contributed by atoms with Crippen LogP contribution in [0.4, 0.5) is 0 Å². The van der Waals surface area contributed by atoms with Gasteiger partial charge >= 0.3 is 5.97 Å². The highest BCUT2D eigenvalue weighted by molar-refractivity contribution is 5.92. The molecule has 7 heteroatoms. The normalized spacial score (nSPS) is 11.7. The molecule has 0 aliphatic rings. The maximum absolute atomic E-state index is 12.5. The van der Waals surface area contributed by atoms with Crippen LogP contribution in [0.15, 0.2) is 96.1 Å². The van der Waals surface area contributed by atoms with Crippen molar-refractivity contribution in [3.05, 3.63) is 102 Å². The molecular weight excluding hydrogens is 456 g/mol. The van der Waals surface area contributed by atoms with Crippen molar-refractivity contribution in [1.29, 1.82) is 0 Å². The standard InChI is InChI=1S/C29H26N2O5/c1-3-34-27-18-21(16-17-26(27)36-29(33)23-11-5-4-6-12-23)19-30-31-28(32)20(2)35-25-15-9-13-22-10-7-8-14-24(22)25/h4-20H,3H2,1-2H3,(H,31,32)/b30-19-/t20-/m1/s1. The van der Waals surface area contributed by atoms with Gasteiger partial charge in [0, 0.05) is 5.39 Å². The molecule has 0 spiro atoms. The second-order valence-electron chi connectivity index (χ2n) is 7.87. The molecule has 1 N–H and O–H groups in total. The zero-order valence-corrected chi connectivity index (χ0v) is 20.0. The minimum Gasteiger partial charge on any atom is -0.490 e. The van der Waals surface area contributed by atoms with Crippen molar-refractivity contribution in [3.8, 4) is 17.2 Å². The van der Waals surface area contributed by atoms with Gasteiger partial charge in [-0.05, 0) is 61.2 Å². The molecule has 0 aromatic heterocycles. The Morgan fingerprint density at radius 1 is 0.889 bits per heavy atom. The maximum atomic E-state index is 12.5. The molecule has 0 heterocycles. The molecule has 1 atom stereocenters. The number of nitrogens with zero attached hydrogens (tertiary/aromatic N) is 1. The molecule has 1 amide bonds. The van der Waals surface area contributed by atoms with E-state index in [1.165, 1.54) is 6.21 Å². The highest BCUT2D eigenvalue weighted by atomic mass is 16.6. The summed E-state index contributed by atoms with van der Waals surface area (Å²) in [6, 6.07) is 27.2. The maximum Gasteiger partial charge on any atom is 0.343 e. The van der Waals surface area contributed by atoms with E-state index in [0.717, 1.165) is 10.8 Å². The summed E-state index contributed by atoms with van der Waals surface area (Å²) in [5.74, 6) is 0.443. The van der Waals surface area contributed by atoms with E-state index in [9.17, 15) is 9.59 Å². The average molecular weight is 483 g/mol. The van der Waals surface area contributed by atoms with Crippen LogP contribution in [0.25, 0.3) is 10.8 Å². The number of hydrazone groups is 1. The molecule has 0 saturated carbocycles. The summed E-state index contributed by atoms with van der Waals surface area (Å²) in [6.07, 6.45) is 0.722. The average Bonchev–Trinajstić information content (AvgIpc) is 2.91. The minimum atomic E-state index is -0.758. The van der Waals surface area contributed by atoms with E-state index in [2.05, 4.69) is 10.5 Å². The third-order valence-corrected chi connectivity index (χ3v) is 5.29. The summed E-state index contributed by atoms with van der Waals surface area (Å²) in [7, 11) is 0. The van der Waals surface area contributed by atoms with Crippen molar-refractivity contribution in [2.45, 2.75) is 20.0 Å². The number of benzene rings is 4. The van der Waals surface area contributed by atoms with E-state index < -0.39 is 18.0 Å². The molecule has 4 aromatic carbocycles. The number of amides is 1. The fourth-order valence-corrected chi connectivity index (χ4v) is 3.49. The Hall–Kier alpha value is -4.65. The topological polar surface area (TPSA) is 86.2 Å². The Morgan fingerprint density at radius 3 is 2.44 bits per heavy atom. The van der Waals surface area contributed by atoms with Crippen molar-refractivity contribution in [3.63, 3.8) is 0 Å². The number of carbonyl (C=O) groups excluding carboxylic acids is 2. The number of ether oxygens (including phenoxy) is 3. The molecule has 0 bridgehead atoms. The van der Waals surface area contributed by atoms with Crippen LogP contribution in [0.5, 0.6) is 17.2 Å². The summed E-state index contributed by atoms with van der Waals surface area (Å²) in [5.41, 5.74) is 3.59. The minimum absolute atomic E-state index is 0.295. The van der Waals surface area contributed by atoms with Gasteiger partial charge in [0.25, 0.3) is 5.91 Å². The largest absolute Gasteiger partial charge is 0.490 e. The summed E-state index contributed by atoms with van der Waals surface area (Å²) in [5, 5.41) is 6.00. The quantitative estimate of drug-likeness (QED) is 0.150. The molecular formula is C29H26N2O5. The smallest absolute Gasteiger partial charge is 0.343 e. The highest BCUT2D eigenvalue weighted by Gasteiger charge is 2.16. The van der Waals surface area contributed by atoms with E-state index in [4.69, 9.17) is 14.2 Å². The molecule has 7 nitrogen and oxygen atoms in total. The van der Waals surface area contributed by atoms with Crippen LogP contribution < -0.4 is 19.6 Å². The molecule has 4 rings (SSSR count). The second kappa shape index (κ2) is 11.7. The van der Waals surface area contributed by atoms with Crippen molar-refractivity contribution in [2.24, 2.45) is 5.10 Å². The Balaban J connectivity index is 1.39. The third-order valence-electron chi connectivity index (χ3n) is 5.29. The van der Waals surface area contributed by atoms with Gasteiger partial charge in [0.2, 0.25) is 0 Å². The predicted molar refractivity (Wildman–Crippen MR) is 139 cm³/mol. The van der Waals surface area contributed by atoms with Crippen LogP contribution in [-0.2, 0) is 4.79 Å². The Bertz CT molecular complexity index is 1380. The number of esters is 1. The van der Waals surface area contributed by atoms with Gasteiger partial charge in [-0.1, -0.05) is 54.6 Å². The Labute approximate surface area is 209 Å². The molecule has 0 aliphatic carbocycles. The van der Waals surface area contributed by atoms with Crippen LogP contribution in [0, 0.1) is 0 Å². The summed E-state index contributed by atoms with van der Waals surface area (Å²) < 4.78 is 17.0. The fourth-order valence-electron chi connectivity index (χ4n) is 3.49. The summed E-state index contributed by atoms with van der Waals surface area (Å²) in [4.78, 5) is 24.9. The number of hydrogen-bond donors (Lipinski definition) is 1. The van der Waals surface area contributed by atoms with E-state index >= 15 is 0 Å². The Kier molecular flexibility index (Phi) is 7.93. The fraction of sp³-hybridized carbons (Fsp3) is 0.138. The molecule has 0 aliphatic heterocycles. The number of hydrogen-bond acceptors (Lipinski definition) is 6. The first-order valence-electron chi connectivity index (χ1n) is 11.6. The summed E-state index contributed by atoms with van der Waals surface area (Å²) in [6.45, 7) is 3.88. The lowest BCUT2D eigenvalue weighted by Gasteiger charge is -2.14.